The standard InChI is InChI=1S/C17H15F3N2OS/c18-17(19,20)15-9-5-4-8-14(15)10-21-22-16(23)12-24-11-13-6-2-1-3-7-13/h1-10H,11-12H2,(H,22,23)/b21-10-. The summed E-state index contributed by atoms with van der Waals surface area (Å²) in [6, 6.07) is 14.7. The van der Waals surface area contributed by atoms with Gasteiger partial charge in [0.05, 0.1) is 17.5 Å². The lowest BCUT2D eigenvalue weighted by Crippen LogP contribution is -2.20. The van der Waals surface area contributed by atoms with Gasteiger partial charge in [-0.15, -0.1) is 11.8 Å². The van der Waals surface area contributed by atoms with Crippen molar-refractivity contribution in [1.29, 1.82) is 0 Å². The number of carbonyl (C=O) groups is 1. The number of carbonyl (C=O) groups excluding carboxylic acids is 1. The van der Waals surface area contributed by atoms with Crippen LogP contribution in [0.5, 0.6) is 0 Å². The van der Waals surface area contributed by atoms with Crippen LogP contribution >= 0.6 is 11.8 Å². The van der Waals surface area contributed by atoms with E-state index in [2.05, 4.69) is 10.5 Å². The maximum atomic E-state index is 12.8. The van der Waals surface area contributed by atoms with Gasteiger partial charge in [-0.1, -0.05) is 48.5 Å². The number of rotatable bonds is 6. The fraction of sp³-hybridized carbons (Fsp3) is 0.176. The monoisotopic (exact) mass is 352 g/mol. The minimum atomic E-state index is -4.46. The molecule has 126 valence electrons. The molecule has 0 aliphatic heterocycles. The molecule has 0 aliphatic rings. The van der Waals surface area contributed by atoms with Crippen molar-refractivity contribution in [3.8, 4) is 0 Å². The summed E-state index contributed by atoms with van der Waals surface area (Å²) in [5, 5.41) is 3.60. The summed E-state index contributed by atoms with van der Waals surface area (Å²) in [4.78, 5) is 11.6. The van der Waals surface area contributed by atoms with Gasteiger partial charge in [-0.3, -0.25) is 4.79 Å². The number of hydrogen-bond acceptors (Lipinski definition) is 3. The minimum absolute atomic E-state index is 0.0951. The van der Waals surface area contributed by atoms with Crippen molar-refractivity contribution in [2.75, 3.05) is 5.75 Å². The molecule has 2 aromatic rings. The molecule has 0 heterocycles. The molecule has 0 atom stereocenters. The van der Waals surface area contributed by atoms with E-state index < -0.39 is 11.7 Å². The van der Waals surface area contributed by atoms with Crippen molar-refractivity contribution >= 4 is 23.9 Å². The maximum Gasteiger partial charge on any atom is 0.417 e. The van der Waals surface area contributed by atoms with Crippen molar-refractivity contribution in [2.24, 2.45) is 5.10 Å². The Morgan fingerprint density at radius 3 is 2.46 bits per heavy atom. The summed E-state index contributed by atoms with van der Waals surface area (Å²) in [7, 11) is 0. The van der Waals surface area contributed by atoms with E-state index >= 15 is 0 Å². The highest BCUT2D eigenvalue weighted by Crippen LogP contribution is 2.30. The Labute approximate surface area is 142 Å². The Morgan fingerprint density at radius 2 is 1.75 bits per heavy atom. The van der Waals surface area contributed by atoms with Crippen molar-refractivity contribution in [1.82, 2.24) is 5.43 Å². The zero-order valence-electron chi connectivity index (χ0n) is 12.6. The van der Waals surface area contributed by atoms with E-state index in [9.17, 15) is 18.0 Å². The number of amides is 1. The summed E-state index contributed by atoms with van der Waals surface area (Å²) in [6.07, 6.45) is -3.46. The lowest BCUT2D eigenvalue weighted by Gasteiger charge is -2.09. The van der Waals surface area contributed by atoms with E-state index in [1.54, 1.807) is 0 Å². The van der Waals surface area contributed by atoms with Crippen LogP contribution in [0.15, 0.2) is 59.7 Å². The molecule has 0 bridgehead atoms. The van der Waals surface area contributed by atoms with Crippen LogP contribution in [0.25, 0.3) is 0 Å². The number of thioether (sulfide) groups is 1. The third-order valence-electron chi connectivity index (χ3n) is 3.00. The number of nitrogens with one attached hydrogen (secondary N) is 1. The zero-order chi connectivity index (χ0) is 17.4. The highest BCUT2D eigenvalue weighted by atomic mass is 32.2. The van der Waals surface area contributed by atoms with Gasteiger partial charge in [0.2, 0.25) is 5.91 Å². The molecule has 1 N–H and O–H groups in total. The van der Waals surface area contributed by atoms with E-state index in [0.29, 0.717) is 5.75 Å². The summed E-state index contributed by atoms with van der Waals surface area (Å²) in [6.45, 7) is 0. The number of hydrogen-bond donors (Lipinski definition) is 1. The first kappa shape index (κ1) is 18.1. The number of halogens is 3. The van der Waals surface area contributed by atoms with Crippen LogP contribution in [-0.4, -0.2) is 17.9 Å². The van der Waals surface area contributed by atoms with Gasteiger partial charge in [0, 0.05) is 11.3 Å². The van der Waals surface area contributed by atoms with E-state index in [-0.39, 0.29) is 17.2 Å². The molecule has 0 fully saturated rings. The SMILES string of the molecule is O=C(CSCc1ccccc1)N/N=C\c1ccccc1C(F)(F)F. The average Bonchev–Trinajstić information content (AvgIpc) is 2.55. The average molecular weight is 352 g/mol. The topological polar surface area (TPSA) is 41.5 Å². The normalized spacial score (nSPS) is 11.6. The third kappa shape index (κ3) is 5.73. The summed E-state index contributed by atoms with van der Waals surface area (Å²) in [5.41, 5.74) is 2.45. The third-order valence-corrected chi connectivity index (χ3v) is 4.01. The van der Waals surface area contributed by atoms with Gasteiger partial charge >= 0.3 is 6.18 Å². The molecule has 0 radical (unpaired) electrons. The quantitative estimate of drug-likeness (QED) is 0.628. The molecule has 0 saturated heterocycles. The molecule has 0 saturated carbocycles. The van der Waals surface area contributed by atoms with Crippen LogP contribution in [0.1, 0.15) is 16.7 Å². The molecule has 1 amide bonds. The predicted octanol–water partition coefficient (Wildman–Crippen LogP) is 4.09. The van der Waals surface area contributed by atoms with Crippen LogP contribution in [0, 0.1) is 0 Å². The molecular weight excluding hydrogens is 337 g/mol. The van der Waals surface area contributed by atoms with E-state index in [1.165, 1.54) is 30.0 Å². The molecule has 0 aliphatic carbocycles. The van der Waals surface area contributed by atoms with Crippen LogP contribution in [0.2, 0.25) is 0 Å². The van der Waals surface area contributed by atoms with Gasteiger partial charge in [0.15, 0.2) is 0 Å². The van der Waals surface area contributed by atoms with Crippen LogP contribution in [0.4, 0.5) is 13.2 Å². The molecule has 2 rings (SSSR count). The molecule has 0 aromatic heterocycles. The van der Waals surface area contributed by atoms with Crippen LogP contribution < -0.4 is 5.43 Å². The van der Waals surface area contributed by atoms with Crippen LogP contribution in [0.3, 0.4) is 0 Å². The smallest absolute Gasteiger partial charge is 0.272 e. The van der Waals surface area contributed by atoms with Crippen molar-refractivity contribution in [2.45, 2.75) is 11.9 Å². The lowest BCUT2D eigenvalue weighted by atomic mass is 10.1. The first-order valence-corrected chi connectivity index (χ1v) is 8.22. The summed E-state index contributed by atoms with van der Waals surface area (Å²) < 4.78 is 38.4. The van der Waals surface area contributed by atoms with Gasteiger partial charge in [-0.25, -0.2) is 5.43 Å². The van der Waals surface area contributed by atoms with Gasteiger partial charge in [0.25, 0.3) is 0 Å². The maximum absolute atomic E-state index is 12.8. The Bertz CT molecular complexity index is 702. The first-order valence-electron chi connectivity index (χ1n) is 7.06. The molecule has 7 heteroatoms. The second kappa shape index (κ2) is 8.54. The summed E-state index contributed by atoms with van der Waals surface area (Å²) in [5.74, 6) is 0.485. The Kier molecular flexibility index (Phi) is 6.43. The molecule has 24 heavy (non-hydrogen) atoms. The molecule has 0 unspecified atom stereocenters. The fourth-order valence-electron chi connectivity index (χ4n) is 1.91. The fourth-order valence-corrected chi connectivity index (χ4v) is 2.69. The Balaban J connectivity index is 1.83. The molecule has 2 aromatic carbocycles. The lowest BCUT2D eigenvalue weighted by molar-refractivity contribution is -0.137. The molecule has 3 nitrogen and oxygen atoms in total. The van der Waals surface area contributed by atoms with Crippen molar-refractivity contribution < 1.29 is 18.0 Å². The molecule has 0 spiro atoms. The molecular formula is C17H15F3N2OS. The van der Waals surface area contributed by atoms with Gasteiger partial charge < -0.3 is 0 Å². The number of nitrogens with zero attached hydrogens (tertiary/aromatic N) is 1. The van der Waals surface area contributed by atoms with Crippen molar-refractivity contribution in [3.05, 3.63) is 71.3 Å². The Hall–Kier alpha value is -2.28. The zero-order valence-corrected chi connectivity index (χ0v) is 13.4. The van der Waals surface area contributed by atoms with E-state index in [0.717, 1.165) is 17.8 Å². The second-order valence-corrected chi connectivity index (χ2v) is 5.84. The highest BCUT2D eigenvalue weighted by Gasteiger charge is 2.32. The highest BCUT2D eigenvalue weighted by molar-refractivity contribution is 7.99. The summed E-state index contributed by atoms with van der Waals surface area (Å²) >= 11 is 1.40. The van der Waals surface area contributed by atoms with Gasteiger partial charge in [-0.2, -0.15) is 18.3 Å². The first-order chi connectivity index (χ1) is 11.5. The number of hydrazone groups is 1. The minimum Gasteiger partial charge on any atom is -0.272 e. The Morgan fingerprint density at radius 1 is 1.08 bits per heavy atom. The predicted molar refractivity (Wildman–Crippen MR) is 89.8 cm³/mol. The van der Waals surface area contributed by atoms with E-state index in [1.807, 2.05) is 30.3 Å². The van der Waals surface area contributed by atoms with Crippen LogP contribution in [-0.2, 0) is 16.7 Å². The number of alkyl halides is 3. The largest absolute Gasteiger partial charge is 0.417 e. The second-order valence-electron chi connectivity index (χ2n) is 4.86. The van der Waals surface area contributed by atoms with E-state index in [4.69, 9.17) is 0 Å². The van der Waals surface area contributed by atoms with Gasteiger partial charge in [0.1, 0.15) is 0 Å². The van der Waals surface area contributed by atoms with Crippen molar-refractivity contribution in [3.63, 3.8) is 0 Å². The number of benzene rings is 2. The van der Waals surface area contributed by atoms with Gasteiger partial charge in [-0.05, 0) is 11.6 Å².